The second-order valence-electron chi connectivity index (χ2n) is 7.74. The van der Waals surface area contributed by atoms with E-state index in [-0.39, 0.29) is 25.7 Å². The van der Waals surface area contributed by atoms with Crippen LogP contribution in [0.15, 0.2) is 0 Å². The summed E-state index contributed by atoms with van der Waals surface area (Å²) in [5, 5.41) is 34.5. The van der Waals surface area contributed by atoms with Gasteiger partial charge in [0, 0.05) is 19.3 Å². The predicted octanol–water partition coefficient (Wildman–Crippen LogP) is -4.37. The molecule has 0 saturated heterocycles. The number of carbonyl (C=O) groups is 7. The maximum atomic E-state index is 12.7. The Morgan fingerprint density at radius 3 is 1.66 bits per heavy atom. The van der Waals surface area contributed by atoms with Gasteiger partial charge in [0.1, 0.15) is 18.1 Å². The van der Waals surface area contributed by atoms with E-state index in [2.05, 4.69) is 16.0 Å². The number of aliphatic carboxylic acids is 2. The minimum Gasteiger partial charge on any atom is -0.481 e. The van der Waals surface area contributed by atoms with E-state index in [4.69, 9.17) is 22.3 Å². The maximum absolute atomic E-state index is 12.7. The van der Waals surface area contributed by atoms with Crippen LogP contribution in [0.3, 0.4) is 0 Å². The molecule has 35 heavy (non-hydrogen) atoms. The number of amides is 5. The monoisotopic (exact) mass is 504 g/mol. The molecule has 5 amide bonds. The number of aliphatic hydroxyl groups is 1. The lowest BCUT2D eigenvalue weighted by atomic mass is 10.1. The number of hydrogen-bond acceptors (Lipinski definition) is 9. The molecule has 0 fully saturated rings. The largest absolute Gasteiger partial charge is 0.481 e. The number of hydrogen-bond donors (Lipinski definition) is 9. The first-order chi connectivity index (χ1) is 16.1. The molecule has 0 aliphatic carbocycles. The third kappa shape index (κ3) is 12.9. The highest BCUT2D eigenvalue weighted by atomic mass is 16.4. The maximum Gasteiger partial charge on any atom is 0.326 e. The van der Waals surface area contributed by atoms with E-state index in [0.29, 0.717) is 0 Å². The van der Waals surface area contributed by atoms with Gasteiger partial charge in [-0.25, -0.2) is 4.79 Å². The lowest BCUT2D eigenvalue weighted by Crippen LogP contribution is -2.59. The number of rotatable bonds is 17. The molecule has 0 heterocycles. The molecule has 16 heteroatoms. The number of carbonyl (C=O) groups excluding carboxylic acids is 5. The van der Waals surface area contributed by atoms with Gasteiger partial charge in [0.15, 0.2) is 0 Å². The molecule has 16 nitrogen and oxygen atoms in total. The fraction of sp³-hybridized carbons (Fsp3) is 0.632. The van der Waals surface area contributed by atoms with Crippen molar-refractivity contribution >= 4 is 41.5 Å². The predicted molar refractivity (Wildman–Crippen MR) is 117 cm³/mol. The molecule has 5 atom stereocenters. The number of nitrogens with one attached hydrogen (secondary N) is 3. The van der Waals surface area contributed by atoms with E-state index in [9.17, 15) is 43.8 Å². The van der Waals surface area contributed by atoms with Gasteiger partial charge in [-0.2, -0.15) is 0 Å². The summed E-state index contributed by atoms with van der Waals surface area (Å²) in [6.45, 7) is 1.12. The zero-order valence-corrected chi connectivity index (χ0v) is 19.1. The molecule has 198 valence electrons. The summed E-state index contributed by atoms with van der Waals surface area (Å²) in [7, 11) is 0. The van der Waals surface area contributed by atoms with Crippen LogP contribution < -0.4 is 33.2 Å². The van der Waals surface area contributed by atoms with E-state index >= 15 is 0 Å². The van der Waals surface area contributed by atoms with E-state index in [1.54, 1.807) is 0 Å². The second-order valence-corrected chi connectivity index (χ2v) is 7.74. The molecule has 0 radical (unpaired) electrons. The normalized spacial score (nSPS) is 14.9. The minimum absolute atomic E-state index is 0.144. The van der Waals surface area contributed by atoms with Crippen LogP contribution in [0.1, 0.15) is 45.4 Å². The average molecular weight is 504 g/mol. The molecule has 0 rings (SSSR count). The van der Waals surface area contributed by atoms with Crippen LogP contribution in [-0.2, 0) is 33.6 Å². The molecule has 0 aromatic rings. The van der Waals surface area contributed by atoms with Crippen LogP contribution in [-0.4, -0.2) is 87.1 Å². The number of aliphatic hydroxyl groups excluding tert-OH is 1. The van der Waals surface area contributed by atoms with Gasteiger partial charge in [-0.15, -0.1) is 0 Å². The molecule has 0 spiro atoms. The summed E-state index contributed by atoms with van der Waals surface area (Å²) in [4.78, 5) is 81.6. The molecule has 12 N–H and O–H groups in total. The zero-order valence-electron chi connectivity index (χ0n) is 19.1. The summed E-state index contributed by atoms with van der Waals surface area (Å²) in [5.41, 5.74) is 15.6. The summed E-state index contributed by atoms with van der Waals surface area (Å²) in [5.74, 6) is -7.39. The molecule has 0 aliphatic heterocycles. The van der Waals surface area contributed by atoms with Gasteiger partial charge in [0.2, 0.25) is 29.5 Å². The van der Waals surface area contributed by atoms with Crippen LogP contribution >= 0.6 is 0 Å². The smallest absolute Gasteiger partial charge is 0.326 e. The third-order valence-corrected chi connectivity index (χ3v) is 4.68. The lowest BCUT2D eigenvalue weighted by Gasteiger charge is -2.26. The van der Waals surface area contributed by atoms with Crippen molar-refractivity contribution in [1.29, 1.82) is 0 Å². The number of primary amides is 2. The quantitative estimate of drug-likeness (QED) is 0.0911. The average Bonchev–Trinajstić information content (AvgIpc) is 2.74. The Morgan fingerprint density at radius 2 is 1.20 bits per heavy atom. The van der Waals surface area contributed by atoms with Crippen molar-refractivity contribution in [2.75, 3.05) is 0 Å². The van der Waals surface area contributed by atoms with Crippen LogP contribution in [0.2, 0.25) is 0 Å². The lowest BCUT2D eigenvalue weighted by molar-refractivity contribution is -0.143. The van der Waals surface area contributed by atoms with Crippen molar-refractivity contribution in [3.63, 3.8) is 0 Å². The Labute approximate surface area is 199 Å². The Morgan fingerprint density at radius 1 is 0.714 bits per heavy atom. The minimum atomic E-state index is -1.70. The molecular formula is C19H32N6O10. The highest BCUT2D eigenvalue weighted by molar-refractivity contribution is 5.94. The van der Waals surface area contributed by atoms with Crippen LogP contribution in [0.5, 0.6) is 0 Å². The van der Waals surface area contributed by atoms with Gasteiger partial charge in [-0.3, -0.25) is 28.8 Å². The molecule has 0 bridgehead atoms. The Bertz CT molecular complexity index is 818. The van der Waals surface area contributed by atoms with Crippen molar-refractivity contribution in [1.82, 2.24) is 16.0 Å². The van der Waals surface area contributed by atoms with E-state index in [0.717, 1.165) is 6.92 Å². The second kappa shape index (κ2) is 15.2. The fourth-order valence-corrected chi connectivity index (χ4v) is 2.71. The summed E-state index contributed by atoms with van der Waals surface area (Å²) >= 11 is 0. The van der Waals surface area contributed by atoms with E-state index < -0.39 is 84.6 Å². The van der Waals surface area contributed by atoms with Gasteiger partial charge in [0.25, 0.3) is 0 Å². The van der Waals surface area contributed by atoms with Gasteiger partial charge < -0.3 is 48.5 Å². The molecule has 0 aromatic heterocycles. The Kier molecular flexibility index (Phi) is 13.5. The highest BCUT2D eigenvalue weighted by Crippen LogP contribution is 2.05. The topological polar surface area (TPSA) is 294 Å². The molecule has 0 aromatic carbocycles. The van der Waals surface area contributed by atoms with Crippen molar-refractivity contribution in [3.8, 4) is 0 Å². The summed E-state index contributed by atoms with van der Waals surface area (Å²) in [6.07, 6.45) is -3.59. The summed E-state index contributed by atoms with van der Waals surface area (Å²) < 4.78 is 0. The number of carboxylic acids is 2. The van der Waals surface area contributed by atoms with Crippen molar-refractivity contribution in [2.24, 2.45) is 17.2 Å². The van der Waals surface area contributed by atoms with Gasteiger partial charge in [0.05, 0.1) is 12.1 Å². The standard InChI is InChI=1S/C19H32N6O10/c1-8(26)15(18(33)24-11(19(34)35)3-6-13(22)28)25-17(32)10(4-7-14(29)30)23-16(31)9(20)2-5-12(21)27/h8-11,15,26H,2-7,20H2,1H3,(H2,21,27)(H2,22,28)(H,23,31)(H,24,33)(H,25,32)(H,29,30)(H,34,35). The van der Waals surface area contributed by atoms with E-state index in [1.807, 2.05) is 0 Å². The van der Waals surface area contributed by atoms with Crippen LogP contribution in [0, 0.1) is 0 Å². The Hall–Kier alpha value is -3.79. The molecule has 0 saturated carbocycles. The first kappa shape index (κ1) is 31.2. The number of carboxylic acid groups (broad SMARTS) is 2. The highest BCUT2D eigenvalue weighted by Gasteiger charge is 2.33. The number of nitrogens with two attached hydrogens (primary N) is 3. The SMILES string of the molecule is CC(O)C(NC(=O)C(CCC(=O)O)NC(=O)C(N)CCC(N)=O)C(=O)NC(CCC(N)=O)C(=O)O. The fourth-order valence-electron chi connectivity index (χ4n) is 2.71. The van der Waals surface area contributed by atoms with Gasteiger partial charge in [-0.1, -0.05) is 0 Å². The van der Waals surface area contributed by atoms with Crippen molar-refractivity contribution in [2.45, 2.75) is 75.7 Å². The van der Waals surface area contributed by atoms with Gasteiger partial charge >= 0.3 is 11.9 Å². The van der Waals surface area contributed by atoms with Crippen LogP contribution in [0.4, 0.5) is 0 Å². The van der Waals surface area contributed by atoms with Gasteiger partial charge in [-0.05, 0) is 26.2 Å². The molecule has 0 aliphatic rings. The first-order valence-corrected chi connectivity index (χ1v) is 10.5. The first-order valence-electron chi connectivity index (χ1n) is 10.5. The van der Waals surface area contributed by atoms with E-state index in [1.165, 1.54) is 0 Å². The summed E-state index contributed by atoms with van der Waals surface area (Å²) in [6, 6.07) is -6.01. The molecule has 5 unspecified atom stereocenters. The molecular weight excluding hydrogens is 472 g/mol. The van der Waals surface area contributed by atoms with Crippen molar-refractivity contribution < 1.29 is 48.9 Å². The van der Waals surface area contributed by atoms with Crippen molar-refractivity contribution in [3.05, 3.63) is 0 Å². The Balaban J connectivity index is 5.47. The third-order valence-electron chi connectivity index (χ3n) is 4.68. The van der Waals surface area contributed by atoms with Crippen LogP contribution in [0.25, 0.3) is 0 Å². The zero-order chi connectivity index (χ0) is 27.3.